The van der Waals surface area contributed by atoms with E-state index in [9.17, 15) is 13.2 Å². The Morgan fingerprint density at radius 3 is 2.74 bits per heavy atom. The summed E-state index contributed by atoms with van der Waals surface area (Å²) in [5, 5.41) is 13.5. The van der Waals surface area contributed by atoms with Gasteiger partial charge in [-0.2, -0.15) is 0 Å². The van der Waals surface area contributed by atoms with Crippen LogP contribution in [0, 0.1) is 0 Å². The maximum Gasteiger partial charge on any atom is 0.258 e. The molecule has 10 heteroatoms. The van der Waals surface area contributed by atoms with Crippen LogP contribution in [0.25, 0.3) is 5.69 Å². The number of amides is 1. The first-order valence-corrected chi connectivity index (χ1v) is 8.80. The Morgan fingerprint density at radius 2 is 2.13 bits per heavy atom. The zero-order valence-electron chi connectivity index (χ0n) is 12.1. The smallest absolute Gasteiger partial charge is 0.258 e. The molecule has 1 aromatic heterocycles. The summed E-state index contributed by atoms with van der Waals surface area (Å²) in [5.41, 5.74) is 0.767. The molecule has 0 spiro atoms. The van der Waals surface area contributed by atoms with Crippen molar-refractivity contribution in [2.45, 2.75) is 12.5 Å². The van der Waals surface area contributed by atoms with Crippen LogP contribution in [0.3, 0.4) is 0 Å². The van der Waals surface area contributed by atoms with Crippen molar-refractivity contribution < 1.29 is 17.9 Å². The number of rotatable bonds is 5. The lowest BCUT2D eigenvalue weighted by atomic mass is 10.2. The number of hydrogen-bond donors (Lipinski definition) is 1. The Balaban J connectivity index is 1.49. The molecule has 1 aliphatic rings. The van der Waals surface area contributed by atoms with Crippen molar-refractivity contribution in [2.75, 3.05) is 18.1 Å². The summed E-state index contributed by atoms with van der Waals surface area (Å²) in [6.45, 7) is -0.166. The second-order valence-corrected chi connectivity index (χ2v) is 7.43. The molecule has 1 fully saturated rings. The predicted molar refractivity (Wildman–Crippen MR) is 79.9 cm³/mol. The largest absolute Gasteiger partial charge is 0.484 e. The van der Waals surface area contributed by atoms with E-state index < -0.39 is 9.84 Å². The van der Waals surface area contributed by atoms with Crippen molar-refractivity contribution in [1.29, 1.82) is 0 Å². The number of carbonyl (C=O) groups excluding carboxylic acids is 1. The number of aromatic nitrogens is 4. The van der Waals surface area contributed by atoms with E-state index in [0.717, 1.165) is 5.69 Å². The van der Waals surface area contributed by atoms with E-state index in [4.69, 9.17) is 4.74 Å². The molecule has 23 heavy (non-hydrogen) atoms. The first kappa shape index (κ1) is 15.4. The molecule has 1 N–H and O–H groups in total. The number of benzene rings is 1. The van der Waals surface area contributed by atoms with Crippen LogP contribution in [0.5, 0.6) is 5.75 Å². The van der Waals surface area contributed by atoms with E-state index in [1.54, 1.807) is 24.3 Å². The average Bonchev–Trinajstić information content (AvgIpc) is 3.15. The third kappa shape index (κ3) is 4.03. The van der Waals surface area contributed by atoms with Crippen molar-refractivity contribution in [3.8, 4) is 11.4 Å². The highest BCUT2D eigenvalue weighted by Gasteiger charge is 2.28. The quantitative estimate of drug-likeness (QED) is 0.770. The molecular formula is C13H15N5O4S. The van der Waals surface area contributed by atoms with Crippen molar-refractivity contribution >= 4 is 15.7 Å². The Kier molecular flexibility index (Phi) is 4.24. The third-order valence-electron chi connectivity index (χ3n) is 3.42. The van der Waals surface area contributed by atoms with Crippen LogP contribution in [0.2, 0.25) is 0 Å². The van der Waals surface area contributed by atoms with Gasteiger partial charge in [0.25, 0.3) is 5.91 Å². The van der Waals surface area contributed by atoms with E-state index in [-0.39, 0.29) is 30.1 Å². The highest BCUT2D eigenvalue weighted by atomic mass is 32.2. The van der Waals surface area contributed by atoms with Crippen molar-refractivity contribution in [2.24, 2.45) is 0 Å². The normalized spacial score (nSPS) is 19.4. The summed E-state index contributed by atoms with van der Waals surface area (Å²) in [6, 6.07) is 6.59. The molecule has 3 rings (SSSR count). The van der Waals surface area contributed by atoms with E-state index in [0.29, 0.717) is 12.2 Å². The minimum atomic E-state index is -3.01. The minimum absolute atomic E-state index is 0.000617. The number of hydrogen-bond acceptors (Lipinski definition) is 7. The van der Waals surface area contributed by atoms with Crippen molar-refractivity contribution in [3.05, 3.63) is 30.6 Å². The highest BCUT2D eigenvalue weighted by Crippen LogP contribution is 2.14. The van der Waals surface area contributed by atoms with Gasteiger partial charge in [-0.3, -0.25) is 4.79 Å². The summed E-state index contributed by atoms with van der Waals surface area (Å²) in [4.78, 5) is 11.8. The number of sulfone groups is 1. The Bertz CT molecular complexity index is 773. The lowest BCUT2D eigenvalue weighted by molar-refractivity contribution is -0.123. The Morgan fingerprint density at radius 1 is 1.35 bits per heavy atom. The standard InChI is InChI=1S/C13H15N5O4S/c19-13(15-10-5-6-23(20,21)8-10)7-22-12-3-1-11(2-4-12)18-9-14-16-17-18/h1-4,9-10H,5-8H2,(H,15,19). The molecule has 1 atom stereocenters. The zero-order chi connectivity index (χ0) is 16.3. The average molecular weight is 337 g/mol. The SMILES string of the molecule is O=C(COc1ccc(-n2cnnn2)cc1)NC1CCS(=O)(=O)C1. The van der Waals surface area contributed by atoms with Crippen LogP contribution in [-0.4, -0.2) is 58.7 Å². The second kappa shape index (κ2) is 6.32. The van der Waals surface area contributed by atoms with Crippen LogP contribution in [-0.2, 0) is 14.6 Å². The second-order valence-electron chi connectivity index (χ2n) is 5.20. The topological polar surface area (TPSA) is 116 Å². The number of carbonyl (C=O) groups is 1. The fourth-order valence-electron chi connectivity index (χ4n) is 2.30. The van der Waals surface area contributed by atoms with Gasteiger partial charge >= 0.3 is 0 Å². The van der Waals surface area contributed by atoms with Gasteiger partial charge in [0.05, 0.1) is 17.2 Å². The van der Waals surface area contributed by atoms with Gasteiger partial charge < -0.3 is 10.1 Å². The zero-order valence-corrected chi connectivity index (χ0v) is 12.9. The number of ether oxygens (including phenoxy) is 1. The summed E-state index contributed by atoms with van der Waals surface area (Å²) in [5.74, 6) is 0.309. The van der Waals surface area contributed by atoms with Gasteiger partial charge in [-0.1, -0.05) is 0 Å². The van der Waals surface area contributed by atoms with Gasteiger partial charge in [-0.15, -0.1) is 5.10 Å². The first-order chi connectivity index (χ1) is 11.0. The predicted octanol–water partition coefficient (Wildman–Crippen LogP) is -0.656. The lowest BCUT2D eigenvalue weighted by Crippen LogP contribution is -2.38. The van der Waals surface area contributed by atoms with E-state index in [1.807, 2.05) is 0 Å². The van der Waals surface area contributed by atoms with Gasteiger partial charge in [0.15, 0.2) is 16.4 Å². The van der Waals surface area contributed by atoms with E-state index in [2.05, 4.69) is 20.8 Å². The molecular weight excluding hydrogens is 322 g/mol. The molecule has 0 radical (unpaired) electrons. The van der Waals surface area contributed by atoms with Crippen LogP contribution in [0.15, 0.2) is 30.6 Å². The third-order valence-corrected chi connectivity index (χ3v) is 5.19. The molecule has 1 saturated heterocycles. The summed E-state index contributed by atoms with van der Waals surface area (Å²) >= 11 is 0. The summed E-state index contributed by atoms with van der Waals surface area (Å²) in [7, 11) is -3.01. The Labute approximate surface area is 132 Å². The van der Waals surface area contributed by atoms with Gasteiger partial charge in [-0.05, 0) is 41.1 Å². The fourth-order valence-corrected chi connectivity index (χ4v) is 3.98. The lowest BCUT2D eigenvalue weighted by Gasteiger charge is -2.11. The molecule has 0 bridgehead atoms. The number of nitrogens with zero attached hydrogens (tertiary/aromatic N) is 4. The van der Waals surface area contributed by atoms with Gasteiger partial charge in [0.2, 0.25) is 0 Å². The monoisotopic (exact) mass is 337 g/mol. The fraction of sp³-hybridized carbons (Fsp3) is 0.385. The number of nitrogens with one attached hydrogen (secondary N) is 1. The van der Waals surface area contributed by atoms with Crippen molar-refractivity contribution in [3.63, 3.8) is 0 Å². The van der Waals surface area contributed by atoms with Crippen LogP contribution < -0.4 is 10.1 Å². The summed E-state index contributed by atoms with van der Waals surface area (Å²) < 4.78 is 29.5. The van der Waals surface area contributed by atoms with Gasteiger partial charge in [0, 0.05) is 6.04 Å². The highest BCUT2D eigenvalue weighted by molar-refractivity contribution is 7.91. The number of tetrazole rings is 1. The van der Waals surface area contributed by atoms with Crippen molar-refractivity contribution in [1.82, 2.24) is 25.5 Å². The molecule has 9 nitrogen and oxygen atoms in total. The molecule has 2 aromatic rings. The molecule has 1 aromatic carbocycles. The van der Waals surface area contributed by atoms with E-state index in [1.165, 1.54) is 11.0 Å². The molecule has 1 amide bonds. The molecule has 1 aliphatic heterocycles. The van der Waals surface area contributed by atoms with Crippen LogP contribution in [0.1, 0.15) is 6.42 Å². The van der Waals surface area contributed by atoms with Crippen LogP contribution >= 0.6 is 0 Å². The van der Waals surface area contributed by atoms with Gasteiger partial charge in [-0.25, -0.2) is 13.1 Å². The molecule has 2 heterocycles. The first-order valence-electron chi connectivity index (χ1n) is 6.98. The van der Waals surface area contributed by atoms with Gasteiger partial charge in [0.1, 0.15) is 12.1 Å². The molecule has 122 valence electrons. The molecule has 0 aliphatic carbocycles. The minimum Gasteiger partial charge on any atom is -0.484 e. The van der Waals surface area contributed by atoms with Crippen LogP contribution in [0.4, 0.5) is 0 Å². The van der Waals surface area contributed by atoms with E-state index >= 15 is 0 Å². The summed E-state index contributed by atoms with van der Waals surface area (Å²) in [6.07, 6.45) is 1.92. The maximum atomic E-state index is 11.8. The Hall–Kier alpha value is -2.49. The maximum absolute atomic E-state index is 11.8. The molecule has 0 saturated carbocycles. The molecule has 1 unspecified atom stereocenters.